The summed E-state index contributed by atoms with van der Waals surface area (Å²) in [4.78, 5) is 26.6. The normalized spacial score (nSPS) is 16.7. The first-order valence-electron chi connectivity index (χ1n) is 8.41. The summed E-state index contributed by atoms with van der Waals surface area (Å²) in [5.74, 6) is 0.388. The molecule has 1 aromatic heterocycles. The van der Waals surface area contributed by atoms with E-state index in [1.807, 2.05) is 13.1 Å². The van der Waals surface area contributed by atoms with E-state index in [4.69, 9.17) is 9.47 Å². The van der Waals surface area contributed by atoms with Crippen molar-refractivity contribution in [1.29, 1.82) is 0 Å². The number of aromatic nitrogens is 2. The standard InChI is InChI=1S/C18H22N4O4/c1-4-21-11-13(9-19-21)22-10-12(7-17(22)23)18(24)20-15-8-14(25-2)5-6-16(15)26-3/h5-6,8-9,11-12H,4,7,10H2,1-3H3,(H,20,24)/t12-/m0/s1. The predicted molar refractivity (Wildman–Crippen MR) is 96.5 cm³/mol. The summed E-state index contributed by atoms with van der Waals surface area (Å²) < 4.78 is 12.2. The molecule has 0 spiro atoms. The molecule has 1 atom stereocenters. The van der Waals surface area contributed by atoms with Crippen LogP contribution in [0.3, 0.4) is 0 Å². The van der Waals surface area contributed by atoms with Gasteiger partial charge in [0.1, 0.15) is 11.5 Å². The lowest BCUT2D eigenvalue weighted by Gasteiger charge is -2.15. The molecule has 2 heterocycles. The van der Waals surface area contributed by atoms with Crippen molar-refractivity contribution in [3.8, 4) is 11.5 Å². The number of aryl methyl sites for hydroxylation is 1. The SMILES string of the molecule is CCn1cc(N2C[C@@H](C(=O)Nc3cc(OC)ccc3OC)CC2=O)cn1. The lowest BCUT2D eigenvalue weighted by Crippen LogP contribution is -2.28. The molecule has 2 amide bonds. The van der Waals surface area contributed by atoms with Crippen molar-refractivity contribution in [2.45, 2.75) is 19.9 Å². The summed E-state index contributed by atoms with van der Waals surface area (Å²) in [5.41, 5.74) is 1.23. The number of methoxy groups -OCH3 is 2. The lowest BCUT2D eigenvalue weighted by molar-refractivity contribution is -0.122. The Morgan fingerprint density at radius 2 is 2.15 bits per heavy atom. The molecule has 0 saturated carbocycles. The Hall–Kier alpha value is -3.03. The Balaban J connectivity index is 1.72. The van der Waals surface area contributed by atoms with Gasteiger partial charge in [0.15, 0.2) is 0 Å². The second-order valence-electron chi connectivity index (χ2n) is 6.02. The van der Waals surface area contributed by atoms with Crippen LogP contribution in [-0.4, -0.2) is 42.4 Å². The van der Waals surface area contributed by atoms with Crippen molar-refractivity contribution in [3.05, 3.63) is 30.6 Å². The predicted octanol–water partition coefficient (Wildman–Crippen LogP) is 1.91. The average molecular weight is 358 g/mol. The maximum atomic E-state index is 12.7. The van der Waals surface area contributed by atoms with Crippen LogP contribution in [0.25, 0.3) is 0 Å². The molecule has 1 N–H and O–H groups in total. The van der Waals surface area contributed by atoms with Crippen molar-refractivity contribution >= 4 is 23.2 Å². The van der Waals surface area contributed by atoms with Crippen molar-refractivity contribution in [2.75, 3.05) is 31.0 Å². The molecule has 0 radical (unpaired) electrons. The number of anilines is 2. The highest BCUT2D eigenvalue weighted by molar-refractivity contribution is 6.03. The zero-order valence-corrected chi connectivity index (χ0v) is 15.1. The number of nitrogens with zero attached hydrogens (tertiary/aromatic N) is 3. The van der Waals surface area contributed by atoms with Crippen LogP contribution < -0.4 is 19.7 Å². The second kappa shape index (κ2) is 7.47. The van der Waals surface area contributed by atoms with E-state index in [0.717, 1.165) is 6.54 Å². The first-order valence-corrected chi connectivity index (χ1v) is 8.41. The summed E-state index contributed by atoms with van der Waals surface area (Å²) in [7, 11) is 3.08. The van der Waals surface area contributed by atoms with Crippen molar-refractivity contribution < 1.29 is 19.1 Å². The zero-order chi connectivity index (χ0) is 18.7. The molecule has 0 unspecified atom stereocenters. The third-order valence-electron chi connectivity index (χ3n) is 4.42. The minimum atomic E-state index is -0.441. The minimum absolute atomic E-state index is 0.0848. The van der Waals surface area contributed by atoms with Gasteiger partial charge in [-0.15, -0.1) is 0 Å². The molecule has 1 saturated heterocycles. The molecule has 1 aliphatic rings. The van der Waals surface area contributed by atoms with Crippen LogP contribution in [0.15, 0.2) is 30.6 Å². The molecule has 26 heavy (non-hydrogen) atoms. The lowest BCUT2D eigenvalue weighted by atomic mass is 10.1. The smallest absolute Gasteiger partial charge is 0.229 e. The highest BCUT2D eigenvalue weighted by Crippen LogP contribution is 2.31. The van der Waals surface area contributed by atoms with Crippen LogP contribution in [0.4, 0.5) is 11.4 Å². The number of amides is 2. The van der Waals surface area contributed by atoms with E-state index < -0.39 is 5.92 Å². The summed E-state index contributed by atoms with van der Waals surface area (Å²) in [6, 6.07) is 5.16. The van der Waals surface area contributed by atoms with Crippen molar-refractivity contribution in [1.82, 2.24) is 9.78 Å². The van der Waals surface area contributed by atoms with Crippen LogP contribution in [0.5, 0.6) is 11.5 Å². The maximum absolute atomic E-state index is 12.7. The molecule has 1 fully saturated rings. The number of ether oxygens (including phenoxy) is 2. The van der Waals surface area contributed by atoms with E-state index in [9.17, 15) is 9.59 Å². The minimum Gasteiger partial charge on any atom is -0.497 e. The molecular formula is C18H22N4O4. The van der Waals surface area contributed by atoms with Gasteiger partial charge in [-0.05, 0) is 19.1 Å². The number of hydrogen-bond donors (Lipinski definition) is 1. The molecule has 2 aromatic rings. The molecule has 1 aromatic carbocycles. The van der Waals surface area contributed by atoms with Gasteiger partial charge < -0.3 is 19.7 Å². The van der Waals surface area contributed by atoms with Gasteiger partial charge in [-0.1, -0.05) is 0 Å². The number of hydrogen-bond acceptors (Lipinski definition) is 5. The highest BCUT2D eigenvalue weighted by Gasteiger charge is 2.36. The molecule has 3 rings (SSSR count). The summed E-state index contributed by atoms with van der Waals surface area (Å²) in [6.07, 6.45) is 3.62. The Labute approximate surface area is 151 Å². The molecule has 1 aliphatic heterocycles. The van der Waals surface area contributed by atoms with Crippen LogP contribution in [0.2, 0.25) is 0 Å². The number of nitrogens with one attached hydrogen (secondary N) is 1. The van der Waals surface area contributed by atoms with Gasteiger partial charge in [-0.2, -0.15) is 5.10 Å². The quantitative estimate of drug-likeness (QED) is 0.853. The van der Waals surface area contributed by atoms with E-state index >= 15 is 0 Å². The van der Waals surface area contributed by atoms with Gasteiger partial charge in [-0.25, -0.2) is 0 Å². The fourth-order valence-electron chi connectivity index (χ4n) is 2.94. The third-order valence-corrected chi connectivity index (χ3v) is 4.42. The number of rotatable bonds is 6. The van der Waals surface area contributed by atoms with Gasteiger partial charge in [-0.3, -0.25) is 14.3 Å². The maximum Gasteiger partial charge on any atom is 0.229 e. The van der Waals surface area contributed by atoms with Crippen LogP contribution in [-0.2, 0) is 16.1 Å². The number of carbonyl (C=O) groups excluding carboxylic acids is 2. The van der Waals surface area contributed by atoms with Gasteiger partial charge in [0.25, 0.3) is 0 Å². The Morgan fingerprint density at radius 1 is 1.35 bits per heavy atom. The second-order valence-corrected chi connectivity index (χ2v) is 6.02. The molecule has 8 heteroatoms. The fraction of sp³-hybridized carbons (Fsp3) is 0.389. The molecule has 0 aliphatic carbocycles. The monoisotopic (exact) mass is 358 g/mol. The van der Waals surface area contributed by atoms with Crippen LogP contribution in [0.1, 0.15) is 13.3 Å². The van der Waals surface area contributed by atoms with E-state index in [1.165, 1.54) is 7.11 Å². The summed E-state index contributed by atoms with van der Waals surface area (Å²) in [6.45, 7) is 3.02. The van der Waals surface area contributed by atoms with Crippen LogP contribution >= 0.6 is 0 Å². The van der Waals surface area contributed by atoms with E-state index in [0.29, 0.717) is 29.4 Å². The van der Waals surface area contributed by atoms with Crippen molar-refractivity contribution in [3.63, 3.8) is 0 Å². The number of benzene rings is 1. The van der Waals surface area contributed by atoms with E-state index in [2.05, 4.69) is 10.4 Å². The third kappa shape index (κ3) is 3.49. The topological polar surface area (TPSA) is 85.7 Å². The summed E-state index contributed by atoms with van der Waals surface area (Å²) >= 11 is 0. The van der Waals surface area contributed by atoms with Gasteiger partial charge in [0.2, 0.25) is 11.8 Å². The Kier molecular flexibility index (Phi) is 5.11. The zero-order valence-electron chi connectivity index (χ0n) is 15.1. The van der Waals surface area contributed by atoms with Crippen molar-refractivity contribution in [2.24, 2.45) is 5.92 Å². The largest absolute Gasteiger partial charge is 0.497 e. The molecule has 8 nitrogen and oxygen atoms in total. The van der Waals surface area contributed by atoms with Crippen LogP contribution in [0, 0.1) is 5.92 Å². The van der Waals surface area contributed by atoms with Gasteiger partial charge >= 0.3 is 0 Å². The first-order chi connectivity index (χ1) is 12.5. The Morgan fingerprint density at radius 3 is 2.81 bits per heavy atom. The van der Waals surface area contributed by atoms with E-state index in [1.54, 1.807) is 41.1 Å². The first kappa shape index (κ1) is 17.8. The molecule has 138 valence electrons. The average Bonchev–Trinajstić information content (AvgIpc) is 3.27. The highest BCUT2D eigenvalue weighted by atomic mass is 16.5. The fourth-order valence-corrected chi connectivity index (χ4v) is 2.94. The Bertz CT molecular complexity index is 817. The van der Waals surface area contributed by atoms with Gasteiger partial charge in [0, 0.05) is 31.8 Å². The number of carbonyl (C=O) groups is 2. The summed E-state index contributed by atoms with van der Waals surface area (Å²) in [5, 5.41) is 7.03. The molecule has 0 bridgehead atoms. The van der Waals surface area contributed by atoms with Gasteiger partial charge in [0.05, 0.1) is 37.7 Å². The molecular weight excluding hydrogens is 336 g/mol. The van der Waals surface area contributed by atoms with E-state index in [-0.39, 0.29) is 18.2 Å².